The van der Waals surface area contributed by atoms with Gasteiger partial charge in [0.05, 0.1) is 34.8 Å². The molecular weight excluding hydrogens is 384 g/mol. The molecule has 0 atom stereocenters. The Hall–Kier alpha value is -3.10. The summed E-state index contributed by atoms with van der Waals surface area (Å²) >= 11 is 1.50. The third-order valence-corrected chi connectivity index (χ3v) is 5.32. The normalized spacial score (nSPS) is 11.1. The number of benzene rings is 1. The second kappa shape index (κ2) is 8.93. The van der Waals surface area contributed by atoms with Crippen LogP contribution in [0.1, 0.15) is 32.7 Å². The monoisotopic (exact) mass is 406 g/mol. The molecule has 0 radical (unpaired) electrons. The molecule has 0 saturated carbocycles. The second-order valence-corrected chi connectivity index (χ2v) is 7.65. The van der Waals surface area contributed by atoms with Gasteiger partial charge < -0.3 is 15.6 Å². The summed E-state index contributed by atoms with van der Waals surface area (Å²) < 4.78 is 0. The number of aromatic amines is 1. The van der Waals surface area contributed by atoms with Gasteiger partial charge in [-0.15, -0.1) is 11.3 Å². The quantitative estimate of drug-likeness (QED) is 0.391. The van der Waals surface area contributed by atoms with Gasteiger partial charge in [0, 0.05) is 24.0 Å². The third kappa shape index (κ3) is 5.04. The molecule has 0 unspecified atom stereocenters. The molecule has 3 heterocycles. The first-order valence-corrected chi connectivity index (χ1v) is 10.3. The van der Waals surface area contributed by atoms with Crippen LogP contribution in [-0.4, -0.2) is 32.4 Å². The third-order valence-electron chi connectivity index (χ3n) is 4.41. The predicted octanol–water partition coefficient (Wildman–Crippen LogP) is 2.99. The molecule has 1 amide bonds. The summed E-state index contributed by atoms with van der Waals surface area (Å²) in [5.41, 5.74) is 4.24. The van der Waals surface area contributed by atoms with Gasteiger partial charge in [0.25, 0.3) is 5.91 Å². The number of para-hydroxylation sites is 2. The molecule has 0 aliphatic heterocycles. The van der Waals surface area contributed by atoms with E-state index < -0.39 is 0 Å². The molecule has 0 aliphatic rings. The summed E-state index contributed by atoms with van der Waals surface area (Å²) in [6.07, 6.45) is 0.762. The van der Waals surface area contributed by atoms with E-state index in [2.05, 4.69) is 30.6 Å². The Morgan fingerprint density at radius 1 is 1.07 bits per heavy atom. The van der Waals surface area contributed by atoms with Crippen LogP contribution >= 0.6 is 11.3 Å². The molecule has 0 bridgehead atoms. The van der Waals surface area contributed by atoms with Crippen molar-refractivity contribution in [3.63, 3.8) is 0 Å². The van der Waals surface area contributed by atoms with Crippen LogP contribution in [0.5, 0.6) is 0 Å². The highest BCUT2D eigenvalue weighted by Gasteiger charge is 2.11. The zero-order valence-electron chi connectivity index (χ0n) is 16.1. The van der Waals surface area contributed by atoms with Gasteiger partial charge in [-0.05, 0) is 31.2 Å². The van der Waals surface area contributed by atoms with E-state index in [1.807, 2.05) is 49.4 Å². The SMILES string of the molecule is Cc1cccc(CNC(=O)c2csc(CCNCc3nc4ccccc4[nH]3)n2)n1. The van der Waals surface area contributed by atoms with Crippen molar-refractivity contribution in [1.82, 2.24) is 30.6 Å². The number of fused-ring (bicyclic) bond motifs is 1. The van der Waals surface area contributed by atoms with Gasteiger partial charge in [-0.2, -0.15) is 0 Å². The van der Waals surface area contributed by atoms with E-state index in [1.54, 1.807) is 5.38 Å². The first-order valence-electron chi connectivity index (χ1n) is 9.47. The van der Waals surface area contributed by atoms with Crippen molar-refractivity contribution in [3.05, 3.63) is 75.8 Å². The van der Waals surface area contributed by atoms with Gasteiger partial charge in [0.15, 0.2) is 0 Å². The maximum Gasteiger partial charge on any atom is 0.271 e. The molecule has 0 spiro atoms. The van der Waals surface area contributed by atoms with E-state index in [-0.39, 0.29) is 5.91 Å². The fourth-order valence-electron chi connectivity index (χ4n) is 2.98. The fourth-order valence-corrected chi connectivity index (χ4v) is 3.76. The van der Waals surface area contributed by atoms with Crippen molar-refractivity contribution in [2.45, 2.75) is 26.4 Å². The largest absolute Gasteiger partial charge is 0.345 e. The summed E-state index contributed by atoms with van der Waals surface area (Å²) in [5.74, 6) is 0.737. The molecule has 8 heteroatoms. The van der Waals surface area contributed by atoms with Crippen molar-refractivity contribution in [3.8, 4) is 0 Å². The van der Waals surface area contributed by atoms with Crippen molar-refractivity contribution < 1.29 is 4.79 Å². The Morgan fingerprint density at radius 3 is 2.83 bits per heavy atom. The van der Waals surface area contributed by atoms with Gasteiger partial charge in [-0.3, -0.25) is 9.78 Å². The van der Waals surface area contributed by atoms with E-state index in [1.165, 1.54) is 11.3 Å². The molecule has 0 aliphatic carbocycles. The summed E-state index contributed by atoms with van der Waals surface area (Å²) in [5, 5.41) is 8.97. The molecule has 4 aromatic rings. The van der Waals surface area contributed by atoms with E-state index >= 15 is 0 Å². The summed E-state index contributed by atoms with van der Waals surface area (Å²) in [4.78, 5) is 29.0. The predicted molar refractivity (Wildman–Crippen MR) is 114 cm³/mol. The van der Waals surface area contributed by atoms with Crippen LogP contribution in [0.3, 0.4) is 0 Å². The molecule has 1 aromatic carbocycles. The van der Waals surface area contributed by atoms with Crippen LogP contribution in [-0.2, 0) is 19.5 Å². The van der Waals surface area contributed by atoms with Crippen LogP contribution in [0.25, 0.3) is 11.0 Å². The summed E-state index contributed by atoms with van der Waals surface area (Å²) in [6.45, 7) is 3.75. The van der Waals surface area contributed by atoms with Crippen LogP contribution < -0.4 is 10.6 Å². The average molecular weight is 407 g/mol. The topological polar surface area (TPSA) is 95.6 Å². The van der Waals surface area contributed by atoms with Gasteiger partial charge >= 0.3 is 0 Å². The highest BCUT2D eigenvalue weighted by molar-refractivity contribution is 7.09. The highest BCUT2D eigenvalue weighted by atomic mass is 32.1. The number of carbonyl (C=O) groups is 1. The lowest BCUT2D eigenvalue weighted by Crippen LogP contribution is -2.24. The fraction of sp³-hybridized carbons (Fsp3) is 0.238. The summed E-state index contributed by atoms with van der Waals surface area (Å²) in [7, 11) is 0. The van der Waals surface area contributed by atoms with Gasteiger partial charge in [-0.1, -0.05) is 18.2 Å². The van der Waals surface area contributed by atoms with E-state index in [9.17, 15) is 4.79 Å². The van der Waals surface area contributed by atoms with Crippen molar-refractivity contribution in [1.29, 1.82) is 0 Å². The Labute approximate surface area is 172 Å². The maximum absolute atomic E-state index is 12.3. The molecule has 148 valence electrons. The molecular formula is C21H22N6OS. The summed E-state index contributed by atoms with van der Waals surface area (Å²) in [6, 6.07) is 13.7. The van der Waals surface area contributed by atoms with Gasteiger partial charge in [0.2, 0.25) is 0 Å². The first kappa shape index (κ1) is 19.2. The number of hydrogen-bond donors (Lipinski definition) is 3. The lowest BCUT2D eigenvalue weighted by Gasteiger charge is -2.03. The average Bonchev–Trinajstić information content (AvgIpc) is 3.36. The Kier molecular flexibility index (Phi) is 5.92. The number of H-pyrrole nitrogens is 1. The number of nitrogens with one attached hydrogen (secondary N) is 3. The number of rotatable bonds is 8. The van der Waals surface area contributed by atoms with Crippen LogP contribution in [0.4, 0.5) is 0 Å². The Balaban J connectivity index is 1.23. The Bertz CT molecular complexity index is 1090. The minimum absolute atomic E-state index is 0.175. The molecule has 3 aromatic heterocycles. The Morgan fingerprint density at radius 2 is 1.97 bits per heavy atom. The molecule has 29 heavy (non-hydrogen) atoms. The minimum atomic E-state index is -0.175. The second-order valence-electron chi connectivity index (χ2n) is 6.71. The molecule has 3 N–H and O–H groups in total. The van der Waals surface area contributed by atoms with Crippen molar-refractivity contribution in [2.24, 2.45) is 0 Å². The van der Waals surface area contributed by atoms with Crippen LogP contribution in [0.2, 0.25) is 0 Å². The molecule has 0 fully saturated rings. The molecule has 0 saturated heterocycles. The first-order chi connectivity index (χ1) is 14.2. The molecule has 7 nitrogen and oxygen atoms in total. The van der Waals surface area contributed by atoms with Crippen molar-refractivity contribution in [2.75, 3.05) is 6.54 Å². The number of thiazole rings is 1. The van der Waals surface area contributed by atoms with E-state index in [0.717, 1.165) is 46.2 Å². The lowest BCUT2D eigenvalue weighted by atomic mass is 10.3. The van der Waals surface area contributed by atoms with Crippen LogP contribution in [0, 0.1) is 6.92 Å². The number of amides is 1. The van der Waals surface area contributed by atoms with E-state index in [4.69, 9.17) is 0 Å². The minimum Gasteiger partial charge on any atom is -0.345 e. The van der Waals surface area contributed by atoms with Crippen LogP contribution in [0.15, 0.2) is 47.8 Å². The lowest BCUT2D eigenvalue weighted by molar-refractivity contribution is 0.0946. The van der Waals surface area contributed by atoms with Gasteiger partial charge in [0.1, 0.15) is 11.5 Å². The number of hydrogen-bond acceptors (Lipinski definition) is 6. The number of nitrogens with zero attached hydrogens (tertiary/aromatic N) is 3. The standard InChI is InChI=1S/C21H22N6OS/c1-14-5-4-6-15(24-14)11-23-21(28)18-13-29-20(27-18)9-10-22-12-19-25-16-7-2-3-8-17(16)26-19/h2-8,13,22H,9-12H2,1H3,(H,23,28)(H,25,26). The number of aromatic nitrogens is 4. The number of imidazole rings is 1. The molecule has 4 rings (SSSR count). The van der Waals surface area contributed by atoms with Gasteiger partial charge in [-0.25, -0.2) is 9.97 Å². The maximum atomic E-state index is 12.3. The number of carbonyl (C=O) groups excluding carboxylic acids is 1. The number of pyridine rings is 1. The zero-order valence-corrected chi connectivity index (χ0v) is 16.9. The highest BCUT2D eigenvalue weighted by Crippen LogP contribution is 2.12. The van der Waals surface area contributed by atoms with Crippen molar-refractivity contribution >= 4 is 28.3 Å². The smallest absolute Gasteiger partial charge is 0.271 e. The zero-order chi connectivity index (χ0) is 20.1. The number of aryl methyl sites for hydroxylation is 1. The van der Waals surface area contributed by atoms with E-state index in [0.29, 0.717) is 18.8 Å².